The zero-order valence-corrected chi connectivity index (χ0v) is 14.5. The first-order chi connectivity index (χ1) is 12.6. The van der Waals surface area contributed by atoms with E-state index < -0.39 is 0 Å². The van der Waals surface area contributed by atoms with Crippen molar-refractivity contribution in [2.24, 2.45) is 0 Å². The molecule has 132 valence electrons. The molecule has 0 bridgehead atoms. The smallest absolute Gasteiger partial charge is 0.227 e. The average Bonchev–Trinajstić information content (AvgIpc) is 3.23. The van der Waals surface area contributed by atoms with Crippen LogP contribution in [-0.4, -0.2) is 16.9 Å². The topological polar surface area (TPSA) is 46.3 Å². The molecule has 1 amide bonds. The summed E-state index contributed by atoms with van der Waals surface area (Å²) in [5.74, 6) is 0.518. The van der Waals surface area contributed by atoms with E-state index in [0.29, 0.717) is 30.1 Å². The van der Waals surface area contributed by atoms with Gasteiger partial charge in [-0.1, -0.05) is 30.3 Å². The number of fused-ring (bicyclic) bond motifs is 1. The molecule has 2 aromatic carbocycles. The molecule has 1 aliphatic heterocycles. The predicted octanol–water partition coefficient (Wildman–Crippen LogP) is 4.39. The van der Waals surface area contributed by atoms with Crippen LogP contribution in [0, 0.1) is 5.82 Å². The lowest BCUT2D eigenvalue weighted by Gasteiger charge is -2.22. The van der Waals surface area contributed by atoms with E-state index >= 15 is 0 Å². The highest BCUT2D eigenvalue weighted by atomic mass is 19.1. The van der Waals surface area contributed by atoms with E-state index in [9.17, 15) is 9.18 Å². The van der Waals surface area contributed by atoms with Crippen molar-refractivity contribution in [1.82, 2.24) is 4.98 Å². The van der Waals surface area contributed by atoms with Crippen molar-refractivity contribution >= 4 is 11.6 Å². The van der Waals surface area contributed by atoms with Gasteiger partial charge in [0, 0.05) is 24.6 Å². The Balaban J connectivity index is 1.45. The third kappa shape index (κ3) is 3.01. The molecule has 0 radical (unpaired) electrons. The maximum Gasteiger partial charge on any atom is 0.227 e. The number of para-hydroxylation sites is 1. The highest BCUT2D eigenvalue weighted by Crippen LogP contribution is 2.32. The van der Waals surface area contributed by atoms with E-state index in [0.717, 1.165) is 12.1 Å². The molecule has 4 nitrogen and oxygen atoms in total. The number of aromatic nitrogens is 1. The molecule has 0 N–H and O–H groups in total. The minimum atomic E-state index is -0.353. The summed E-state index contributed by atoms with van der Waals surface area (Å²) in [7, 11) is 0. The molecule has 3 aromatic rings. The van der Waals surface area contributed by atoms with Gasteiger partial charge in [0.2, 0.25) is 5.91 Å². The summed E-state index contributed by atoms with van der Waals surface area (Å²) in [6.07, 6.45) is 3.07. The highest BCUT2D eigenvalue weighted by Gasteiger charge is 2.30. The van der Waals surface area contributed by atoms with Crippen LogP contribution in [0.2, 0.25) is 0 Å². The number of rotatable bonds is 4. The van der Waals surface area contributed by atoms with E-state index in [2.05, 4.69) is 18.0 Å². The van der Waals surface area contributed by atoms with Gasteiger partial charge in [-0.15, -0.1) is 0 Å². The standard InChI is InChI=1S/C21H19FN2O2/c1-14-12-15-6-2-5-9-18(15)24(14)21(25)11-10-20-23-13-19(26-20)16-7-3-4-8-17(16)22/h2-9,13-14H,10-12H2,1H3. The zero-order valence-electron chi connectivity index (χ0n) is 14.5. The molecule has 1 aromatic heterocycles. The number of benzene rings is 2. The van der Waals surface area contributed by atoms with Crippen LogP contribution in [0.4, 0.5) is 10.1 Å². The van der Waals surface area contributed by atoms with Crippen LogP contribution in [0.25, 0.3) is 11.3 Å². The van der Waals surface area contributed by atoms with Crippen molar-refractivity contribution in [3.05, 3.63) is 72.0 Å². The summed E-state index contributed by atoms with van der Waals surface area (Å²) in [5.41, 5.74) is 2.57. The summed E-state index contributed by atoms with van der Waals surface area (Å²) < 4.78 is 19.5. The lowest BCUT2D eigenvalue weighted by molar-refractivity contribution is -0.118. The third-order valence-electron chi connectivity index (χ3n) is 4.72. The first kappa shape index (κ1) is 16.5. The Bertz CT molecular complexity index is 950. The van der Waals surface area contributed by atoms with Gasteiger partial charge in [0.15, 0.2) is 11.7 Å². The number of nitrogens with zero attached hydrogens (tertiary/aromatic N) is 2. The Morgan fingerprint density at radius 1 is 1.23 bits per heavy atom. The van der Waals surface area contributed by atoms with Gasteiger partial charge in [-0.25, -0.2) is 9.37 Å². The van der Waals surface area contributed by atoms with Crippen molar-refractivity contribution in [1.29, 1.82) is 0 Å². The molecule has 0 fully saturated rings. The average molecular weight is 350 g/mol. The lowest BCUT2D eigenvalue weighted by atomic mass is 10.1. The van der Waals surface area contributed by atoms with Crippen LogP contribution in [0.1, 0.15) is 24.8 Å². The first-order valence-corrected chi connectivity index (χ1v) is 8.73. The number of oxazole rings is 1. The van der Waals surface area contributed by atoms with E-state index in [1.165, 1.54) is 17.8 Å². The number of amides is 1. The summed E-state index contributed by atoms with van der Waals surface area (Å²) in [6, 6.07) is 14.5. The highest BCUT2D eigenvalue weighted by molar-refractivity contribution is 5.96. The van der Waals surface area contributed by atoms with E-state index in [4.69, 9.17) is 4.42 Å². The number of anilines is 1. The molecule has 5 heteroatoms. The van der Waals surface area contributed by atoms with Gasteiger partial charge in [0.25, 0.3) is 0 Å². The predicted molar refractivity (Wildman–Crippen MR) is 97.3 cm³/mol. The van der Waals surface area contributed by atoms with E-state index in [1.54, 1.807) is 18.2 Å². The second kappa shape index (κ2) is 6.75. The third-order valence-corrected chi connectivity index (χ3v) is 4.72. The molecule has 0 aliphatic carbocycles. The van der Waals surface area contributed by atoms with Gasteiger partial charge in [0.1, 0.15) is 5.82 Å². The SMILES string of the molecule is CC1Cc2ccccc2N1C(=O)CCc1ncc(-c2ccccc2F)o1. The molecule has 0 saturated carbocycles. The molecular formula is C21H19FN2O2. The Labute approximate surface area is 151 Å². The van der Waals surface area contributed by atoms with Crippen molar-refractivity contribution < 1.29 is 13.6 Å². The van der Waals surface area contributed by atoms with Crippen LogP contribution in [0.3, 0.4) is 0 Å². The molecule has 1 aliphatic rings. The number of carbonyl (C=O) groups is 1. The summed E-state index contributed by atoms with van der Waals surface area (Å²) >= 11 is 0. The molecule has 4 rings (SSSR count). The molecule has 0 spiro atoms. The van der Waals surface area contributed by atoms with Crippen LogP contribution >= 0.6 is 0 Å². The van der Waals surface area contributed by atoms with Crippen molar-refractivity contribution in [3.63, 3.8) is 0 Å². The number of hydrogen-bond donors (Lipinski definition) is 0. The number of hydrogen-bond acceptors (Lipinski definition) is 3. The summed E-state index contributed by atoms with van der Waals surface area (Å²) in [6.45, 7) is 2.05. The Kier molecular flexibility index (Phi) is 4.29. The number of carbonyl (C=O) groups excluding carboxylic acids is 1. The first-order valence-electron chi connectivity index (χ1n) is 8.73. The van der Waals surface area contributed by atoms with E-state index in [-0.39, 0.29) is 17.8 Å². The minimum Gasteiger partial charge on any atom is -0.441 e. The fraction of sp³-hybridized carbons (Fsp3) is 0.238. The molecule has 1 unspecified atom stereocenters. The van der Waals surface area contributed by atoms with Crippen molar-refractivity contribution in [2.75, 3.05) is 4.90 Å². The Morgan fingerprint density at radius 3 is 2.85 bits per heavy atom. The second-order valence-electron chi connectivity index (χ2n) is 6.54. The largest absolute Gasteiger partial charge is 0.441 e. The summed E-state index contributed by atoms with van der Waals surface area (Å²) in [4.78, 5) is 18.8. The van der Waals surface area contributed by atoms with Gasteiger partial charge in [-0.3, -0.25) is 4.79 Å². The Hall–Kier alpha value is -2.95. The number of aryl methyl sites for hydroxylation is 1. The van der Waals surface area contributed by atoms with Gasteiger partial charge >= 0.3 is 0 Å². The molecule has 0 saturated heterocycles. The quantitative estimate of drug-likeness (QED) is 0.701. The molecular weight excluding hydrogens is 331 g/mol. The monoisotopic (exact) mass is 350 g/mol. The second-order valence-corrected chi connectivity index (χ2v) is 6.54. The van der Waals surface area contributed by atoms with Gasteiger partial charge in [-0.2, -0.15) is 0 Å². The van der Waals surface area contributed by atoms with Crippen molar-refractivity contribution in [2.45, 2.75) is 32.2 Å². The Morgan fingerprint density at radius 2 is 2.00 bits per heavy atom. The van der Waals surface area contributed by atoms with Crippen molar-refractivity contribution in [3.8, 4) is 11.3 Å². The lowest BCUT2D eigenvalue weighted by Crippen LogP contribution is -2.35. The van der Waals surface area contributed by atoms with Crippen LogP contribution in [0.15, 0.2) is 59.1 Å². The molecule has 1 atom stereocenters. The van der Waals surface area contributed by atoms with Gasteiger partial charge < -0.3 is 9.32 Å². The fourth-order valence-electron chi connectivity index (χ4n) is 3.49. The fourth-order valence-corrected chi connectivity index (χ4v) is 3.49. The molecule has 2 heterocycles. The normalized spacial score (nSPS) is 15.9. The maximum absolute atomic E-state index is 13.8. The van der Waals surface area contributed by atoms with Gasteiger partial charge in [-0.05, 0) is 37.1 Å². The molecule has 26 heavy (non-hydrogen) atoms. The summed E-state index contributed by atoms with van der Waals surface area (Å²) in [5, 5.41) is 0. The zero-order chi connectivity index (χ0) is 18.1. The van der Waals surface area contributed by atoms with Gasteiger partial charge in [0.05, 0.1) is 11.8 Å². The van der Waals surface area contributed by atoms with Crippen LogP contribution < -0.4 is 4.90 Å². The number of halogens is 1. The minimum absolute atomic E-state index is 0.0492. The van der Waals surface area contributed by atoms with Crippen LogP contribution in [-0.2, 0) is 17.6 Å². The van der Waals surface area contributed by atoms with E-state index in [1.807, 2.05) is 23.1 Å². The maximum atomic E-state index is 13.8. The van der Waals surface area contributed by atoms with Crippen LogP contribution in [0.5, 0.6) is 0 Å².